The molecule has 0 bridgehead atoms. The fourth-order valence-corrected chi connectivity index (χ4v) is 1.59. The summed E-state index contributed by atoms with van der Waals surface area (Å²) in [4.78, 5) is 14.6. The molecular weight excluding hydrogens is 249 g/mol. The van der Waals surface area contributed by atoms with Gasteiger partial charge in [-0.1, -0.05) is 12.1 Å². The van der Waals surface area contributed by atoms with Crippen LogP contribution in [-0.2, 0) is 4.79 Å². The summed E-state index contributed by atoms with van der Waals surface area (Å²) in [6.07, 6.45) is 1.47. The van der Waals surface area contributed by atoms with Crippen LogP contribution in [-0.4, -0.2) is 22.5 Å². The highest BCUT2D eigenvalue weighted by Crippen LogP contribution is 2.27. The minimum Gasteiger partial charge on any atom is -0.504 e. The number of hydrogen-bond donors (Lipinski definition) is 3. The van der Waals surface area contributed by atoms with E-state index in [2.05, 4.69) is 10.3 Å². The number of anilines is 1. The molecule has 0 unspecified atom stereocenters. The van der Waals surface area contributed by atoms with Crippen molar-refractivity contribution in [2.24, 2.45) is 5.73 Å². The number of primary amides is 1. The molecule has 1 amide bonds. The van der Waals surface area contributed by atoms with E-state index in [0.29, 0.717) is 11.1 Å². The molecule has 19 heavy (non-hydrogen) atoms. The number of carbonyl (C=O) groups is 1. The molecule has 6 heteroatoms. The number of nitrogens with zero attached hydrogens (tertiary/aromatic N) is 1. The molecule has 2 aromatic rings. The summed E-state index contributed by atoms with van der Waals surface area (Å²) >= 11 is 0. The van der Waals surface area contributed by atoms with E-state index in [0.717, 1.165) is 0 Å². The van der Waals surface area contributed by atoms with Crippen LogP contribution in [0.25, 0.3) is 11.1 Å². The molecule has 4 N–H and O–H groups in total. The normalized spacial score (nSPS) is 10.2. The van der Waals surface area contributed by atoms with E-state index in [-0.39, 0.29) is 23.9 Å². The maximum atomic E-state index is 13.1. The number of aromatic hydroxyl groups is 1. The highest BCUT2D eigenvalue weighted by atomic mass is 19.1. The Morgan fingerprint density at radius 3 is 2.79 bits per heavy atom. The number of pyridine rings is 1. The van der Waals surface area contributed by atoms with E-state index in [1.807, 2.05) is 0 Å². The highest BCUT2D eigenvalue weighted by Gasteiger charge is 2.07. The molecule has 1 aromatic heterocycles. The monoisotopic (exact) mass is 261 g/mol. The van der Waals surface area contributed by atoms with Crippen molar-refractivity contribution in [3.8, 4) is 16.9 Å². The Kier molecular flexibility index (Phi) is 3.61. The summed E-state index contributed by atoms with van der Waals surface area (Å²) in [5.74, 6) is -0.912. The van der Waals surface area contributed by atoms with Crippen LogP contribution in [0.3, 0.4) is 0 Å². The van der Waals surface area contributed by atoms with Crippen molar-refractivity contribution in [1.29, 1.82) is 0 Å². The van der Waals surface area contributed by atoms with Gasteiger partial charge in [0.25, 0.3) is 0 Å². The van der Waals surface area contributed by atoms with Crippen molar-refractivity contribution in [2.75, 3.05) is 11.9 Å². The fraction of sp³-hybridized carbons (Fsp3) is 0.0769. The molecule has 0 radical (unpaired) electrons. The molecule has 0 aliphatic rings. The van der Waals surface area contributed by atoms with Crippen LogP contribution in [0, 0.1) is 5.82 Å². The SMILES string of the molecule is NC(=O)CNc1ncc(-c2cccc(F)c2)cc1O. The number of nitrogens with one attached hydrogen (secondary N) is 1. The molecule has 1 heterocycles. The molecule has 0 aliphatic heterocycles. The van der Waals surface area contributed by atoms with Gasteiger partial charge in [0.05, 0.1) is 6.54 Å². The van der Waals surface area contributed by atoms with Gasteiger partial charge in [-0.2, -0.15) is 0 Å². The molecule has 5 nitrogen and oxygen atoms in total. The van der Waals surface area contributed by atoms with Gasteiger partial charge >= 0.3 is 0 Å². The summed E-state index contributed by atoms with van der Waals surface area (Å²) in [7, 11) is 0. The molecule has 98 valence electrons. The Hall–Kier alpha value is -2.63. The molecule has 1 aromatic carbocycles. The van der Waals surface area contributed by atoms with Gasteiger partial charge < -0.3 is 16.2 Å². The molecule has 0 atom stereocenters. The van der Waals surface area contributed by atoms with Gasteiger partial charge in [0.2, 0.25) is 5.91 Å². The van der Waals surface area contributed by atoms with Gasteiger partial charge in [0, 0.05) is 11.8 Å². The average Bonchev–Trinajstić information content (AvgIpc) is 2.37. The summed E-state index contributed by atoms with van der Waals surface area (Å²) in [5, 5.41) is 12.4. The minimum absolute atomic E-state index is 0.125. The lowest BCUT2D eigenvalue weighted by Crippen LogP contribution is -2.22. The number of benzene rings is 1. The second-order valence-electron chi connectivity index (χ2n) is 3.92. The van der Waals surface area contributed by atoms with Crippen molar-refractivity contribution >= 4 is 11.7 Å². The summed E-state index contributed by atoms with van der Waals surface area (Å²) < 4.78 is 13.1. The zero-order valence-corrected chi connectivity index (χ0v) is 9.93. The smallest absolute Gasteiger partial charge is 0.236 e. The van der Waals surface area contributed by atoms with Gasteiger partial charge in [-0.05, 0) is 23.8 Å². The molecule has 2 rings (SSSR count). The predicted octanol–water partition coefficient (Wildman–Crippen LogP) is 1.49. The maximum absolute atomic E-state index is 13.1. The van der Waals surface area contributed by atoms with Gasteiger partial charge in [0.1, 0.15) is 5.82 Å². The Bertz CT molecular complexity index is 617. The minimum atomic E-state index is -0.560. The molecule has 0 saturated heterocycles. The van der Waals surface area contributed by atoms with E-state index in [1.54, 1.807) is 12.1 Å². The van der Waals surface area contributed by atoms with Crippen molar-refractivity contribution in [3.63, 3.8) is 0 Å². The molecule has 0 saturated carbocycles. The zero-order valence-electron chi connectivity index (χ0n) is 9.93. The first-order valence-corrected chi connectivity index (χ1v) is 5.53. The van der Waals surface area contributed by atoms with Crippen LogP contribution in [0.15, 0.2) is 36.5 Å². The second kappa shape index (κ2) is 5.34. The topological polar surface area (TPSA) is 88.2 Å². The van der Waals surface area contributed by atoms with Crippen LogP contribution >= 0.6 is 0 Å². The Labute approximate surface area is 108 Å². The number of rotatable bonds is 4. The number of hydrogen-bond acceptors (Lipinski definition) is 4. The second-order valence-corrected chi connectivity index (χ2v) is 3.92. The molecule has 0 aliphatic carbocycles. The highest BCUT2D eigenvalue weighted by molar-refractivity contribution is 5.79. The van der Waals surface area contributed by atoms with Crippen molar-refractivity contribution in [2.45, 2.75) is 0 Å². The largest absolute Gasteiger partial charge is 0.504 e. The third kappa shape index (κ3) is 3.19. The van der Waals surface area contributed by atoms with E-state index < -0.39 is 5.91 Å². The predicted molar refractivity (Wildman–Crippen MR) is 69.0 cm³/mol. The summed E-state index contributed by atoms with van der Waals surface area (Å²) in [5.41, 5.74) is 6.15. The van der Waals surface area contributed by atoms with E-state index in [1.165, 1.54) is 24.4 Å². The number of nitrogens with two attached hydrogens (primary N) is 1. The summed E-state index contributed by atoms with van der Waals surface area (Å²) in [6, 6.07) is 7.38. The first kappa shape index (κ1) is 12.8. The Balaban J connectivity index is 2.26. The van der Waals surface area contributed by atoms with Crippen molar-refractivity contribution < 1.29 is 14.3 Å². The third-order valence-corrected chi connectivity index (χ3v) is 2.46. The van der Waals surface area contributed by atoms with Crippen LogP contribution < -0.4 is 11.1 Å². The lowest BCUT2D eigenvalue weighted by Gasteiger charge is -2.07. The lowest BCUT2D eigenvalue weighted by atomic mass is 10.1. The van der Waals surface area contributed by atoms with E-state index in [9.17, 15) is 14.3 Å². The Morgan fingerprint density at radius 1 is 1.37 bits per heavy atom. The lowest BCUT2D eigenvalue weighted by molar-refractivity contribution is -0.116. The van der Waals surface area contributed by atoms with E-state index >= 15 is 0 Å². The molecule has 0 fully saturated rings. The standard InChI is InChI=1S/C13H12FN3O2/c14-10-3-1-2-8(4-10)9-5-11(18)13(16-6-9)17-7-12(15)19/h1-6,18H,7H2,(H2,15,19)(H,16,17). The fourth-order valence-electron chi connectivity index (χ4n) is 1.59. The van der Waals surface area contributed by atoms with Crippen LogP contribution in [0.5, 0.6) is 5.75 Å². The number of carbonyl (C=O) groups excluding carboxylic acids is 1. The molecular formula is C13H12FN3O2. The zero-order chi connectivity index (χ0) is 13.8. The first-order valence-electron chi connectivity index (χ1n) is 5.53. The summed E-state index contributed by atoms with van der Waals surface area (Å²) in [6.45, 7) is -0.125. The number of halogens is 1. The van der Waals surface area contributed by atoms with Gasteiger partial charge in [-0.3, -0.25) is 4.79 Å². The third-order valence-electron chi connectivity index (χ3n) is 2.46. The Morgan fingerprint density at radius 2 is 2.16 bits per heavy atom. The van der Waals surface area contributed by atoms with Gasteiger partial charge in [0.15, 0.2) is 11.6 Å². The molecule has 0 spiro atoms. The van der Waals surface area contributed by atoms with Crippen molar-refractivity contribution in [1.82, 2.24) is 4.98 Å². The first-order chi connectivity index (χ1) is 9.06. The van der Waals surface area contributed by atoms with Crippen LogP contribution in [0.4, 0.5) is 10.2 Å². The van der Waals surface area contributed by atoms with Gasteiger partial charge in [-0.15, -0.1) is 0 Å². The number of amides is 1. The van der Waals surface area contributed by atoms with Crippen LogP contribution in [0.1, 0.15) is 0 Å². The average molecular weight is 261 g/mol. The van der Waals surface area contributed by atoms with Gasteiger partial charge in [-0.25, -0.2) is 9.37 Å². The van der Waals surface area contributed by atoms with E-state index in [4.69, 9.17) is 5.73 Å². The van der Waals surface area contributed by atoms with Crippen LogP contribution in [0.2, 0.25) is 0 Å². The van der Waals surface area contributed by atoms with Crippen molar-refractivity contribution in [3.05, 3.63) is 42.3 Å². The quantitative estimate of drug-likeness (QED) is 0.778. The maximum Gasteiger partial charge on any atom is 0.236 e. The number of aromatic nitrogens is 1.